The molecule has 3 nitrogen and oxygen atoms in total. The van der Waals surface area contributed by atoms with Crippen LogP contribution in [0.15, 0.2) is 42.2 Å². The minimum absolute atomic E-state index is 0.189. The summed E-state index contributed by atoms with van der Waals surface area (Å²) in [6.45, 7) is 5.11. The van der Waals surface area contributed by atoms with Gasteiger partial charge in [0.15, 0.2) is 5.75 Å². The third kappa shape index (κ3) is 4.25. The topological polar surface area (TPSA) is 29.5 Å². The van der Waals surface area contributed by atoms with E-state index in [1.807, 2.05) is 19.1 Å². The van der Waals surface area contributed by atoms with Crippen LogP contribution in [0.4, 0.5) is 10.1 Å². The van der Waals surface area contributed by atoms with Crippen molar-refractivity contribution in [1.82, 2.24) is 0 Å². The maximum absolute atomic E-state index is 13.3. The average molecular weight is 263 g/mol. The first kappa shape index (κ1) is 15.0. The van der Waals surface area contributed by atoms with Crippen LogP contribution in [-0.2, 0) is 4.79 Å². The van der Waals surface area contributed by atoms with Gasteiger partial charge < -0.3 is 9.64 Å². The van der Waals surface area contributed by atoms with Crippen LogP contribution in [-0.4, -0.2) is 13.0 Å². The van der Waals surface area contributed by atoms with Crippen LogP contribution in [0.5, 0.6) is 5.75 Å². The van der Waals surface area contributed by atoms with E-state index >= 15 is 0 Å². The van der Waals surface area contributed by atoms with Gasteiger partial charge in [-0.2, -0.15) is 0 Å². The minimum Gasteiger partial charge on any atom is -0.460 e. The van der Waals surface area contributed by atoms with Crippen molar-refractivity contribution in [3.63, 3.8) is 0 Å². The molecule has 1 rings (SSSR count). The van der Waals surface area contributed by atoms with Gasteiger partial charge >= 0.3 is 0 Å². The normalized spacial score (nSPS) is 11.7. The van der Waals surface area contributed by atoms with Crippen LogP contribution >= 0.6 is 0 Å². The van der Waals surface area contributed by atoms with Gasteiger partial charge in [-0.05, 0) is 32.1 Å². The number of hydrogen-bond donors (Lipinski definition) is 0. The maximum Gasteiger partial charge on any atom is 0.223 e. The molecule has 4 heteroatoms. The van der Waals surface area contributed by atoms with Gasteiger partial charge in [-0.25, -0.2) is 4.39 Å². The molecule has 0 N–H and O–H groups in total. The predicted molar refractivity (Wildman–Crippen MR) is 74.7 cm³/mol. The molecule has 1 amide bonds. The fourth-order valence-electron chi connectivity index (χ4n) is 1.45. The molecule has 0 spiro atoms. The van der Waals surface area contributed by atoms with E-state index < -0.39 is 5.82 Å². The summed E-state index contributed by atoms with van der Waals surface area (Å²) in [6, 6.07) is 4.09. The third-order valence-corrected chi connectivity index (χ3v) is 2.55. The van der Waals surface area contributed by atoms with E-state index in [1.165, 1.54) is 30.0 Å². The van der Waals surface area contributed by atoms with E-state index in [0.717, 1.165) is 0 Å². The molecule has 0 saturated heterocycles. The van der Waals surface area contributed by atoms with Crippen molar-refractivity contribution < 1.29 is 13.9 Å². The summed E-state index contributed by atoms with van der Waals surface area (Å²) in [6.07, 6.45) is 5.51. The Labute approximate surface area is 113 Å². The summed E-state index contributed by atoms with van der Waals surface area (Å²) in [7, 11) is 1.58. The molecule has 0 aromatic heterocycles. The number of allylic oxidation sites excluding steroid dienone is 4. The van der Waals surface area contributed by atoms with E-state index in [9.17, 15) is 9.18 Å². The van der Waals surface area contributed by atoms with Crippen molar-refractivity contribution in [2.24, 2.45) is 0 Å². The van der Waals surface area contributed by atoms with E-state index in [1.54, 1.807) is 20.0 Å². The van der Waals surface area contributed by atoms with Gasteiger partial charge in [-0.3, -0.25) is 4.79 Å². The molecule has 0 aliphatic rings. The lowest BCUT2D eigenvalue weighted by molar-refractivity contribution is -0.116. The van der Waals surface area contributed by atoms with Crippen molar-refractivity contribution in [3.05, 3.63) is 48.0 Å². The zero-order chi connectivity index (χ0) is 14.4. The lowest BCUT2D eigenvalue weighted by Crippen LogP contribution is -2.23. The highest BCUT2D eigenvalue weighted by molar-refractivity contribution is 5.92. The summed E-state index contributed by atoms with van der Waals surface area (Å²) >= 11 is 0. The Morgan fingerprint density at radius 1 is 1.37 bits per heavy atom. The molecule has 0 heterocycles. The van der Waals surface area contributed by atoms with Gasteiger partial charge in [0.25, 0.3) is 0 Å². The van der Waals surface area contributed by atoms with Crippen LogP contribution in [0.3, 0.4) is 0 Å². The number of amides is 1. The highest BCUT2D eigenvalue weighted by Crippen LogP contribution is 2.30. The largest absolute Gasteiger partial charge is 0.460 e. The van der Waals surface area contributed by atoms with Crippen molar-refractivity contribution in [3.8, 4) is 5.75 Å². The Bertz CT molecular complexity index is 521. The van der Waals surface area contributed by atoms with Gasteiger partial charge in [-0.15, -0.1) is 0 Å². The number of halogens is 1. The predicted octanol–water partition coefficient (Wildman–Crippen LogP) is 3.67. The Morgan fingerprint density at radius 3 is 2.63 bits per heavy atom. The summed E-state index contributed by atoms with van der Waals surface area (Å²) in [5.74, 6) is 0.497. The Hall–Kier alpha value is -2.10. The summed E-state index contributed by atoms with van der Waals surface area (Å²) in [5.41, 5.74) is 0.403. The number of nitrogens with zero attached hydrogens (tertiary/aromatic N) is 1. The number of rotatable bonds is 4. The van der Waals surface area contributed by atoms with Crippen LogP contribution in [0.1, 0.15) is 20.8 Å². The Morgan fingerprint density at radius 2 is 2.05 bits per heavy atom. The molecular formula is C15H18FNO2. The van der Waals surface area contributed by atoms with Gasteiger partial charge in [0.1, 0.15) is 11.6 Å². The second kappa shape index (κ2) is 6.73. The number of benzene rings is 1. The van der Waals surface area contributed by atoms with Crippen LogP contribution in [0.2, 0.25) is 0 Å². The van der Waals surface area contributed by atoms with Crippen molar-refractivity contribution in [2.75, 3.05) is 11.9 Å². The van der Waals surface area contributed by atoms with E-state index in [-0.39, 0.29) is 5.91 Å². The maximum atomic E-state index is 13.3. The number of ether oxygens (including phenoxy) is 1. The molecular weight excluding hydrogens is 245 g/mol. The first-order valence-corrected chi connectivity index (χ1v) is 5.97. The molecule has 0 fully saturated rings. The van der Waals surface area contributed by atoms with E-state index in [0.29, 0.717) is 17.2 Å². The molecule has 0 unspecified atom stereocenters. The summed E-state index contributed by atoms with van der Waals surface area (Å²) in [5, 5.41) is 0. The monoisotopic (exact) mass is 263 g/mol. The van der Waals surface area contributed by atoms with E-state index in [4.69, 9.17) is 4.74 Å². The lowest BCUT2D eigenvalue weighted by Gasteiger charge is -2.19. The smallest absolute Gasteiger partial charge is 0.223 e. The molecule has 0 radical (unpaired) electrons. The number of carbonyl (C=O) groups excluding carboxylic acids is 1. The second-order valence-electron chi connectivity index (χ2n) is 4.10. The minimum atomic E-state index is -0.412. The highest BCUT2D eigenvalue weighted by atomic mass is 19.1. The Balaban J connectivity index is 3.10. The molecule has 19 heavy (non-hydrogen) atoms. The lowest BCUT2D eigenvalue weighted by atomic mass is 10.2. The van der Waals surface area contributed by atoms with Crippen molar-refractivity contribution in [1.29, 1.82) is 0 Å². The van der Waals surface area contributed by atoms with Crippen LogP contribution in [0, 0.1) is 5.82 Å². The fraction of sp³-hybridized carbons (Fsp3) is 0.267. The van der Waals surface area contributed by atoms with E-state index in [2.05, 4.69) is 0 Å². The van der Waals surface area contributed by atoms with Crippen LogP contribution in [0.25, 0.3) is 0 Å². The summed E-state index contributed by atoms with van der Waals surface area (Å²) in [4.78, 5) is 12.7. The standard InChI is InChI=1S/C15H18FNO2/c1-5-6-7-11(2)19-15-9-8-13(16)10-14(15)17(4)12(3)18/h5-10H,1-4H3. The first-order valence-electron chi connectivity index (χ1n) is 5.97. The highest BCUT2D eigenvalue weighted by Gasteiger charge is 2.13. The third-order valence-electron chi connectivity index (χ3n) is 2.55. The second-order valence-corrected chi connectivity index (χ2v) is 4.10. The van der Waals surface area contributed by atoms with Gasteiger partial charge in [0.05, 0.1) is 5.69 Å². The average Bonchev–Trinajstić information content (AvgIpc) is 2.37. The Kier molecular flexibility index (Phi) is 5.30. The molecule has 0 atom stereocenters. The molecule has 1 aromatic rings. The SMILES string of the molecule is CC=CC=C(C)Oc1ccc(F)cc1N(C)C(C)=O. The van der Waals surface area contributed by atoms with Gasteiger partial charge in [0, 0.05) is 20.0 Å². The molecule has 102 valence electrons. The van der Waals surface area contributed by atoms with Crippen molar-refractivity contribution in [2.45, 2.75) is 20.8 Å². The molecule has 0 aliphatic carbocycles. The van der Waals surface area contributed by atoms with Crippen molar-refractivity contribution >= 4 is 11.6 Å². The number of hydrogen-bond acceptors (Lipinski definition) is 2. The van der Waals surface area contributed by atoms with Gasteiger partial charge in [0.2, 0.25) is 5.91 Å². The number of carbonyl (C=O) groups is 1. The molecule has 0 bridgehead atoms. The quantitative estimate of drug-likeness (QED) is 0.612. The van der Waals surface area contributed by atoms with Crippen LogP contribution < -0.4 is 9.64 Å². The molecule has 0 saturated carbocycles. The molecule has 0 aliphatic heterocycles. The first-order chi connectivity index (χ1) is 8.95. The summed E-state index contributed by atoms with van der Waals surface area (Å²) < 4.78 is 18.9. The zero-order valence-corrected chi connectivity index (χ0v) is 11.6. The number of anilines is 1. The molecule has 1 aromatic carbocycles. The fourth-order valence-corrected chi connectivity index (χ4v) is 1.45. The zero-order valence-electron chi connectivity index (χ0n) is 11.6. The van der Waals surface area contributed by atoms with Gasteiger partial charge in [-0.1, -0.05) is 12.2 Å².